The average Bonchev–Trinajstić information content (AvgIpc) is 3.83. The third-order valence-electron chi connectivity index (χ3n) is 12.7. The lowest BCUT2D eigenvalue weighted by Gasteiger charge is -2.29. The molecule has 79 heavy (non-hydrogen) atoms. The Balaban J connectivity index is 1.44. The highest BCUT2D eigenvalue weighted by Gasteiger charge is 2.35. The molecule has 0 aliphatic heterocycles. The molecule has 3 aromatic carbocycles. The Morgan fingerprint density at radius 1 is 0.544 bits per heavy atom. The number of aromatic nitrogens is 1. The molecule has 15 N–H and O–H groups in total. The van der Waals surface area contributed by atoms with Crippen LogP contribution in [0.3, 0.4) is 0 Å². The van der Waals surface area contributed by atoms with Gasteiger partial charge in [-0.25, -0.2) is 4.79 Å². The van der Waals surface area contributed by atoms with Crippen molar-refractivity contribution in [3.63, 3.8) is 0 Å². The van der Waals surface area contributed by atoms with E-state index in [2.05, 4.69) is 47.5 Å². The van der Waals surface area contributed by atoms with Crippen molar-refractivity contribution in [2.75, 3.05) is 13.2 Å². The van der Waals surface area contributed by atoms with Crippen molar-refractivity contribution in [3.05, 3.63) is 102 Å². The zero-order valence-electron chi connectivity index (χ0n) is 45.0. The van der Waals surface area contributed by atoms with Crippen LogP contribution in [0, 0.1) is 17.8 Å². The van der Waals surface area contributed by atoms with Gasteiger partial charge in [0.05, 0.1) is 19.2 Å². The highest BCUT2D eigenvalue weighted by molar-refractivity contribution is 5.98. The first-order valence-electron chi connectivity index (χ1n) is 25.9. The van der Waals surface area contributed by atoms with Gasteiger partial charge in [0.1, 0.15) is 48.0 Å². The molecule has 0 fully saturated rings. The number of para-hydroxylation sites is 1. The maximum absolute atomic E-state index is 14.1. The lowest BCUT2D eigenvalue weighted by Crippen LogP contribution is -2.61. The van der Waals surface area contributed by atoms with Crippen molar-refractivity contribution < 1.29 is 68.4 Å². The number of aliphatic hydroxyl groups excluding tert-OH is 1. The normalized spacial score (nSPS) is 14.3. The van der Waals surface area contributed by atoms with Gasteiger partial charge in [0.2, 0.25) is 47.3 Å². The van der Waals surface area contributed by atoms with Gasteiger partial charge in [-0.05, 0) is 65.5 Å². The average molecular weight is 1100 g/mol. The summed E-state index contributed by atoms with van der Waals surface area (Å²) in [5.74, 6) is -10.8. The SMILES string of the molecule is CC(C)C[C@H](NC(=O)[C@H](Cc1ccc(O)cc1)NC(=O)[C@@H](N)CCC(=O)O)C(=O)N[C@H](C(=O)N[C@@H](CO)C(=O)N[C@@H](Cc1ccccc1)C(=O)NCC(=O)N[C@H](C(=O)N[C@@H](Cc1c[nH]c2ccccc12)C(=O)O)C(C)C)C(C)C. The number of aliphatic carboxylic acids is 2. The summed E-state index contributed by atoms with van der Waals surface area (Å²) in [6, 6.07) is 10.5. The number of carboxylic acids is 2. The Bertz CT molecular complexity index is 2750. The van der Waals surface area contributed by atoms with Crippen molar-refractivity contribution >= 4 is 70.1 Å². The molecule has 0 aliphatic carbocycles. The molecule has 24 heteroatoms. The van der Waals surface area contributed by atoms with Crippen LogP contribution < -0.4 is 48.3 Å². The minimum absolute atomic E-state index is 0.0458. The summed E-state index contributed by atoms with van der Waals surface area (Å²) < 4.78 is 0. The number of rotatable bonds is 31. The third-order valence-corrected chi connectivity index (χ3v) is 12.7. The molecular formula is C55H74N10O14. The summed E-state index contributed by atoms with van der Waals surface area (Å²) in [5.41, 5.74) is 8.46. The van der Waals surface area contributed by atoms with Crippen LogP contribution in [0.2, 0.25) is 0 Å². The number of nitrogens with one attached hydrogen (secondary N) is 9. The molecular weight excluding hydrogens is 1020 g/mol. The second-order valence-electron chi connectivity index (χ2n) is 20.4. The van der Waals surface area contributed by atoms with E-state index >= 15 is 0 Å². The molecule has 0 radical (unpaired) electrons. The molecule has 0 saturated heterocycles. The molecule has 0 saturated carbocycles. The monoisotopic (exact) mass is 1100 g/mol. The van der Waals surface area contributed by atoms with Gasteiger partial charge < -0.3 is 73.7 Å². The quantitative estimate of drug-likeness (QED) is 0.0316. The third kappa shape index (κ3) is 20.2. The summed E-state index contributed by atoms with van der Waals surface area (Å²) in [5, 5.41) is 60.4. The number of carboxylic acid groups (broad SMARTS) is 2. The maximum Gasteiger partial charge on any atom is 0.326 e. The van der Waals surface area contributed by atoms with Gasteiger partial charge >= 0.3 is 11.9 Å². The van der Waals surface area contributed by atoms with Crippen LogP contribution in [0.1, 0.15) is 77.5 Å². The van der Waals surface area contributed by atoms with Gasteiger partial charge in [-0.15, -0.1) is 0 Å². The van der Waals surface area contributed by atoms with Crippen molar-refractivity contribution in [1.29, 1.82) is 0 Å². The number of carbonyl (C=O) groups is 10. The number of fused-ring (bicyclic) bond motifs is 1. The Morgan fingerprint density at radius 2 is 1.05 bits per heavy atom. The Kier molecular flexibility index (Phi) is 24.4. The summed E-state index contributed by atoms with van der Waals surface area (Å²) in [6.45, 7) is 8.36. The van der Waals surface area contributed by atoms with E-state index in [1.54, 1.807) is 84.1 Å². The fraction of sp³-hybridized carbons (Fsp3) is 0.455. The van der Waals surface area contributed by atoms with E-state index in [0.29, 0.717) is 16.7 Å². The first-order valence-corrected chi connectivity index (χ1v) is 25.9. The minimum atomic E-state index is -1.69. The van der Waals surface area contributed by atoms with Crippen LogP contribution in [0.4, 0.5) is 0 Å². The first-order chi connectivity index (χ1) is 37.4. The molecule has 0 aliphatic rings. The highest BCUT2D eigenvalue weighted by atomic mass is 16.4. The summed E-state index contributed by atoms with van der Waals surface area (Å²) >= 11 is 0. The van der Waals surface area contributed by atoms with Crippen molar-refractivity contribution in [2.24, 2.45) is 23.5 Å². The fourth-order valence-electron chi connectivity index (χ4n) is 8.35. The van der Waals surface area contributed by atoms with Crippen LogP contribution in [0.25, 0.3) is 10.9 Å². The highest BCUT2D eigenvalue weighted by Crippen LogP contribution is 2.20. The lowest BCUT2D eigenvalue weighted by molar-refractivity contribution is -0.142. The molecule has 8 amide bonds. The predicted octanol–water partition coefficient (Wildman–Crippen LogP) is 0.0383. The van der Waals surface area contributed by atoms with E-state index in [-0.39, 0.29) is 43.8 Å². The first kappa shape index (κ1) is 63.2. The maximum atomic E-state index is 14.1. The van der Waals surface area contributed by atoms with Gasteiger partial charge in [0, 0.05) is 42.8 Å². The predicted molar refractivity (Wildman–Crippen MR) is 289 cm³/mol. The molecule has 4 aromatic rings. The largest absolute Gasteiger partial charge is 0.508 e. The van der Waals surface area contributed by atoms with E-state index in [1.165, 1.54) is 24.3 Å². The number of benzene rings is 3. The van der Waals surface area contributed by atoms with Crippen LogP contribution in [-0.2, 0) is 67.2 Å². The number of phenolic OH excluding ortho intramolecular Hbond substituents is 1. The van der Waals surface area contributed by atoms with Gasteiger partial charge in [-0.2, -0.15) is 0 Å². The Labute approximate surface area is 457 Å². The van der Waals surface area contributed by atoms with Gasteiger partial charge in [-0.1, -0.05) is 102 Å². The smallest absolute Gasteiger partial charge is 0.326 e. The molecule has 0 bridgehead atoms. The van der Waals surface area contributed by atoms with Crippen molar-refractivity contribution in [2.45, 2.75) is 128 Å². The fourth-order valence-corrected chi connectivity index (χ4v) is 8.35. The van der Waals surface area contributed by atoms with Gasteiger partial charge in [-0.3, -0.25) is 43.2 Å². The number of hydrogen-bond donors (Lipinski definition) is 14. The van der Waals surface area contributed by atoms with Crippen LogP contribution in [0.15, 0.2) is 85.1 Å². The number of carbonyl (C=O) groups excluding carboxylic acids is 8. The molecule has 1 aromatic heterocycles. The number of aromatic hydroxyl groups is 1. The van der Waals surface area contributed by atoms with E-state index in [1.807, 2.05) is 18.2 Å². The number of amides is 8. The van der Waals surface area contributed by atoms with E-state index in [4.69, 9.17) is 10.8 Å². The molecule has 8 atom stereocenters. The van der Waals surface area contributed by atoms with Crippen molar-refractivity contribution in [1.82, 2.24) is 47.5 Å². The standard InChI is InChI=1S/C55H74N10O14/c1-29(2)22-39(60-50(73)41(24-33-16-18-35(67)19-17-33)59-48(71)37(56)20-21-45(69)70)51(74)65-47(31(5)6)54(77)63-43(28-66)52(75)61-40(23-32-12-8-7-9-13-32)49(72)58-27-44(68)64-46(30(3)4)53(76)62-42(55(78)79)25-34-26-57-38-15-11-10-14-36(34)38/h7-19,26,29-31,37,39-43,46-47,57,66-67H,20-25,27-28,56H2,1-6H3,(H,58,72)(H,59,71)(H,60,73)(H,61,75)(H,62,76)(H,63,77)(H,64,68)(H,65,74)(H,69,70)(H,78,79)/t37-,39-,40-,41-,42-,43-,46-,47-/m0/s1. The number of H-pyrrole nitrogens is 1. The van der Waals surface area contributed by atoms with Crippen molar-refractivity contribution in [3.8, 4) is 5.75 Å². The summed E-state index contributed by atoms with van der Waals surface area (Å²) in [6.07, 6.45) is 0.752. The van der Waals surface area contributed by atoms with E-state index in [0.717, 1.165) is 10.9 Å². The zero-order valence-corrected chi connectivity index (χ0v) is 45.0. The molecule has 428 valence electrons. The Hall–Kier alpha value is -8.38. The van der Waals surface area contributed by atoms with Gasteiger partial charge in [0.25, 0.3) is 0 Å². The topological polar surface area (TPSA) is 390 Å². The number of aromatic amines is 1. The van der Waals surface area contributed by atoms with Crippen LogP contribution >= 0.6 is 0 Å². The van der Waals surface area contributed by atoms with Crippen LogP contribution in [0.5, 0.6) is 5.75 Å². The molecule has 0 spiro atoms. The summed E-state index contributed by atoms with van der Waals surface area (Å²) in [7, 11) is 0. The molecule has 4 rings (SSSR count). The summed E-state index contributed by atoms with van der Waals surface area (Å²) in [4.78, 5) is 136. The number of phenols is 1. The zero-order chi connectivity index (χ0) is 58.5. The number of aliphatic hydroxyl groups is 1. The van der Waals surface area contributed by atoms with E-state index < -0.39 is 139 Å². The van der Waals surface area contributed by atoms with E-state index in [9.17, 15) is 63.3 Å². The molecule has 1 heterocycles. The van der Waals surface area contributed by atoms with Crippen LogP contribution in [-0.4, -0.2) is 146 Å². The lowest BCUT2D eigenvalue weighted by atomic mass is 9.98. The van der Waals surface area contributed by atoms with Gasteiger partial charge in [0.15, 0.2) is 0 Å². The second kappa shape index (κ2) is 30.5. The second-order valence-corrected chi connectivity index (χ2v) is 20.4. The number of hydrogen-bond acceptors (Lipinski definition) is 13. The minimum Gasteiger partial charge on any atom is -0.508 e. The number of nitrogens with two attached hydrogens (primary N) is 1. The Morgan fingerprint density at radius 3 is 1.63 bits per heavy atom. The molecule has 24 nitrogen and oxygen atoms in total. The molecule has 0 unspecified atom stereocenters.